The van der Waals surface area contributed by atoms with Gasteiger partial charge >= 0.3 is 0 Å². The SMILES string of the molecule is CCNC(=NCC1(c2ccc(OC)cc2)CC1)NCC1CC(=O)Nc2ccccc21.I. The van der Waals surface area contributed by atoms with Crippen molar-refractivity contribution in [2.75, 3.05) is 32.1 Å². The molecule has 0 saturated heterocycles. The lowest BCUT2D eigenvalue weighted by Gasteiger charge is -2.26. The number of amides is 1. The number of nitrogens with one attached hydrogen (secondary N) is 3. The number of aliphatic imine (C=N–C) groups is 1. The Hall–Kier alpha value is -2.29. The number of benzene rings is 2. The number of carbonyl (C=O) groups excluding carboxylic acids is 1. The molecule has 0 radical (unpaired) electrons. The Labute approximate surface area is 201 Å². The maximum Gasteiger partial charge on any atom is 0.225 e. The van der Waals surface area contributed by atoms with E-state index < -0.39 is 0 Å². The summed E-state index contributed by atoms with van der Waals surface area (Å²) in [6.07, 6.45) is 2.79. The first kappa shape index (κ1) is 23.4. The predicted molar refractivity (Wildman–Crippen MR) is 136 cm³/mol. The van der Waals surface area contributed by atoms with Crippen LogP contribution in [0.4, 0.5) is 5.69 Å². The molecule has 2 aromatic rings. The molecule has 6 nitrogen and oxygen atoms in total. The molecule has 1 aliphatic carbocycles. The van der Waals surface area contributed by atoms with E-state index >= 15 is 0 Å². The largest absolute Gasteiger partial charge is 0.497 e. The van der Waals surface area contributed by atoms with Crippen molar-refractivity contribution < 1.29 is 9.53 Å². The molecule has 1 aliphatic heterocycles. The van der Waals surface area contributed by atoms with E-state index in [-0.39, 0.29) is 41.2 Å². The second-order valence-corrected chi connectivity index (χ2v) is 8.12. The first-order valence-electron chi connectivity index (χ1n) is 10.7. The summed E-state index contributed by atoms with van der Waals surface area (Å²) in [5, 5.41) is 9.77. The van der Waals surface area contributed by atoms with E-state index in [1.165, 1.54) is 11.1 Å². The van der Waals surface area contributed by atoms with Crippen LogP contribution in [0, 0.1) is 0 Å². The average molecular weight is 534 g/mol. The van der Waals surface area contributed by atoms with Crippen molar-refractivity contribution in [1.29, 1.82) is 0 Å². The fourth-order valence-electron chi connectivity index (χ4n) is 4.11. The van der Waals surface area contributed by atoms with Crippen LogP contribution in [0.5, 0.6) is 5.75 Å². The van der Waals surface area contributed by atoms with Crippen LogP contribution in [0.2, 0.25) is 0 Å². The van der Waals surface area contributed by atoms with Gasteiger partial charge in [-0.25, -0.2) is 0 Å². The van der Waals surface area contributed by atoms with E-state index in [2.05, 4.69) is 41.1 Å². The third kappa shape index (κ3) is 5.50. The molecule has 3 N–H and O–H groups in total. The lowest BCUT2D eigenvalue weighted by atomic mass is 9.90. The maximum absolute atomic E-state index is 12.1. The third-order valence-corrected chi connectivity index (χ3v) is 6.06. The average Bonchev–Trinajstić information content (AvgIpc) is 3.56. The number of anilines is 1. The van der Waals surface area contributed by atoms with Crippen molar-refractivity contribution in [2.24, 2.45) is 4.99 Å². The van der Waals surface area contributed by atoms with Crippen LogP contribution in [0.1, 0.15) is 43.2 Å². The Morgan fingerprint density at radius 1 is 1.16 bits per heavy atom. The number of ether oxygens (including phenoxy) is 1. The van der Waals surface area contributed by atoms with Crippen molar-refractivity contribution in [2.45, 2.75) is 37.5 Å². The fraction of sp³-hybridized carbons (Fsp3) is 0.417. The van der Waals surface area contributed by atoms with E-state index in [1.54, 1.807) is 7.11 Å². The van der Waals surface area contributed by atoms with Crippen LogP contribution in [-0.4, -0.2) is 38.6 Å². The highest BCUT2D eigenvalue weighted by Crippen LogP contribution is 2.48. The summed E-state index contributed by atoms with van der Waals surface area (Å²) in [5.41, 5.74) is 3.54. The molecule has 1 amide bonds. The Balaban J connectivity index is 0.00000272. The maximum atomic E-state index is 12.1. The topological polar surface area (TPSA) is 74.8 Å². The van der Waals surface area contributed by atoms with Crippen molar-refractivity contribution >= 4 is 41.5 Å². The molecule has 7 heteroatoms. The Morgan fingerprint density at radius 3 is 2.58 bits per heavy atom. The molecule has 0 aromatic heterocycles. The number of halogens is 1. The fourth-order valence-corrected chi connectivity index (χ4v) is 4.11. The second kappa shape index (κ2) is 10.3. The monoisotopic (exact) mass is 534 g/mol. The number of hydrogen-bond acceptors (Lipinski definition) is 3. The quantitative estimate of drug-likeness (QED) is 0.285. The number of nitrogens with zero attached hydrogens (tertiary/aromatic N) is 1. The normalized spacial score (nSPS) is 18.8. The van der Waals surface area contributed by atoms with E-state index in [0.717, 1.165) is 43.3 Å². The van der Waals surface area contributed by atoms with E-state index in [9.17, 15) is 4.79 Å². The summed E-state index contributed by atoms with van der Waals surface area (Å²) < 4.78 is 5.28. The second-order valence-electron chi connectivity index (χ2n) is 8.12. The smallest absolute Gasteiger partial charge is 0.225 e. The summed E-state index contributed by atoms with van der Waals surface area (Å²) in [6.45, 7) is 4.28. The van der Waals surface area contributed by atoms with Gasteiger partial charge in [-0.05, 0) is 49.1 Å². The highest BCUT2D eigenvalue weighted by Gasteiger charge is 2.44. The van der Waals surface area contributed by atoms with Crippen LogP contribution in [-0.2, 0) is 10.2 Å². The van der Waals surface area contributed by atoms with Crippen molar-refractivity contribution in [3.8, 4) is 5.75 Å². The lowest BCUT2D eigenvalue weighted by molar-refractivity contribution is -0.116. The van der Waals surface area contributed by atoms with Crippen LogP contribution in [0.3, 0.4) is 0 Å². The molecular formula is C24H31IN4O2. The zero-order valence-corrected chi connectivity index (χ0v) is 20.4. The number of hydrogen-bond donors (Lipinski definition) is 3. The Kier molecular flexibility index (Phi) is 7.80. The first-order valence-corrected chi connectivity index (χ1v) is 10.7. The molecule has 31 heavy (non-hydrogen) atoms. The van der Waals surface area contributed by atoms with Crippen molar-refractivity contribution in [3.05, 3.63) is 59.7 Å². The zero-order valence-electron chi connectivity index (χ0n) is 18.1. The lowest BCUT2D eigenvalue weighted by Crippen LogP contribution is -2.41. The van der Waals surface area contributed by atoms with E-state index in [0.29, 0.717) is 13.0 Å². The molecular weight excluding hydrogens is 503 g/mol. The summed E-state index contributed by atoms with van der Waals surface area (Å²) in [6, 6.07) is 16.4. The molecule has 1 unspecified atom stereocenters. The van der Waals surface area contributed by atoms with Crippen LogP contribution >= 0.6 is 24.0 Å². The molecule has 1 atom stereocenters. The van der Waals surface area contributed by atoms with Gasteiger partial charge in [0.2, 0.25) is 5.91 Å². The minimum Gasteiger partial charge on any atom is -0.497 e. The van der Waals surface area contributed by atoms with Gasteiger partial charge in [-0.3, -0.25) is 9.79 Å². The third-order valence-electron chi connectivity index (χ3n) is 6.06. The molecule has 1 saturated carbocycles. The molecule has 4 rings (SSSR count). The summed E-state index contributed by atoms with van der Waals surface area (Å²) >= 11 is 0. The molecule has 0 spiro atoms. The minimum atomic E-state index is 0. The van der Waals surface area contributed by atoms with Gasteiger partial charge in [-0.2, -0.15) is 0 Å². The number of rotatable bonds is 7. The summed E-state index contributed by atoms with van der Waals surface area (Å²) in [7, 11) is 1.69. The molecule has 2 aliphatic rings. The van der Waals surface area contributed by atoms with Crippen molar-refractivity contribution in [3.63, 3.8) is 0 Å². The van der Waals surface area contributed by atoms with Gasteiger partial charge < -0.3 is 20.7 Å². The highest BCUT2D eigenvalue weighted by molar-refractivity contribution is 14.0. The number of para-hydroxylation sites is 1. The molecule has 1 fully saturated rings. The van der Waals surface area contributed by atoms with E-state index in [1.807, 2.05) is 30.3 Å². The number of methoxy groups -OCH3 is 1. The number of fused-ring (bicyclic) bond motifs is 1. The van der Waals surface area contributed by atoms with E-state index in [4.69, 9.17) is 9.73 Å². The van der Waals surface area contributed by atoms with Gasteiger partial charge in [-0.1, -0.05) is 30.3 Å². The Morgan fingerprint density at radius 2 is 1.90 bits per heavy atom. The summed E-state index contributed by atoms with van der Waals surface area (Å²) in [5.74, 6) is 1.89. The van der Waals surface area contributed by atoms with Gasteiger partial charge in [0.25, 0.3) is 0 Å². The van der Waals surface area contributed by atoms with Crippen LogP contribution < -0.4 is 20.7 Å². The first-order chi connectivity index (χ1) is 14.6. The van der Waals surface area contributed by atoms with Gasteiger partial charge in [0.05, 0.1) is 13.7 Å². The molecule has 166 valence electrons. The van der Waals surface area contributed by atoms with Gasteiger partial charge in [0, 0.05) is 36.5 Å². The molecule has 2 aromatic carbocycles. The standard InChI is InChI=1S/C24H30N4O2.HI/c1-3-25-23(26-15-17-14-22(29)28-21-7-5-4-6-20(17)21)27-16-24(12-13-24)18-8-10-19(30-2)11-9-18;/h4-11,17H,3,12-16H2,1-2H3,(H,28,29)(H2,25,26,27);1H. The summed E-state index contributed by atoms with van der Waals surface area (Å²) in [4.78, 5) is 17.0. The Bertz CT molecular complexity index is 925. The van der Waals surface area contributed by atoms with Gasteiger partial charge in [0.15, 0.2) is 5.96 Å². The van der Waals surface area contributed by atoms with Gasteiger partial charge in [0.1, 0.15) is 5.75 Å². The van der Waals surface area contributed by atoms with Crippen LogP contribution in [0.25, 0.3) is 0 Å². The minimum absolute atomic E-state index is 0. The van der Waals surface area contributed by atoms with Crippen molar-refractivity contribution in [1.82, 2.24) is 10.6 Å². The highest BCUT2D eigenvalue weighted by atomic mass is 127. The van der Waals surface area contributed by atoms with Gasteiger partial charge in [-0.15, -0.1) is 24.0 Å². The number of carbonyl (C=O) groups is 1. The molecule has 0 bridgehead atoms. The number of guanidine groups is 1. The van der Waals surface area contributed by atoms with Crippen LogP contribution in [0.15, 0.2) is 53.5 Å². The molecule has 1 heterocycles. The predicted octanol–water partition coefficient (Wildman–Crippen LogP) is 4.03. The zero-order chi connectivity index (χ0) is 21.0.